The minimum atomic E-state index is -1.47. The van der Waals surface area contributed by atoms with Crippen molar-refractivity contribution in [3.05, 3.63) is 69.8 Å². The highest BCUT2D eigenvalue weighted by Crippen LogP contribution is 2.25. The molecule has 3 aromatic rings. The molecule has 15 N–H and O–H groups in total. The third kappa shape index (κ3) is 14.5. The fraction of sp³-hybridized carbons (Fsp3) is 0.444. The fourth-order valence-electron chi connectivity index (χ4n) is 5.98. The summed E-state index contributed by atoms with van der Waals surface area (Å²) in [7, 11) is 2.33. The Balaban J connectivity index is 1.72. The molecule has 0 radical (unpaired) electrons. The number of benzene rings is 2. The topological polar surface area (TPSA) is 304 Å². The van der Waals surface area contributed by atoms with Gasteiger partial charge in [0, 0.05) is 41.6 Å². The Bertz CT molecular complexity index is 1930. The Morgan fingerprint density at radius 3 is 2.31 bits per heavy atom. The molecular formula is C36H49Cl2N11O7S2. The van der Waals surface area contributed by atoms with E-state index < -0.39 is 72.2 Å². The SMILES string of the molecule is CC(O)N[C@H]1CSSCC(C(N)=O)NC(=O)C(Cc2c[nH]c3ccccc23)NC(=O)[C@H](CCCN=C(N)N)NC(=O)[C@@H](Cc2ccc(Cl)c(Cl)c2)NC(O)CNC1=O. The predicted molar refractivity (Wildman–Crippen MR) is 227 cm³/mol. The number of rotatable bonds is 11. The standard InChI is InChI=1S/C36H49Cl2N11O7S2/c1-18(50)45-29-17-58-57-16-28(31(39)52)49-35(56)27(13-20-14-43-24-6-3-2-5-21(20)24)48-33(54)25(7-4-10-42-36(40)41)47-34(55)26(46-30(51)15-44-32(29)53)12-19-8-9-22(37)23(38)11-19/h2-3,5-6,8-9,11,14,18,25-30,43,45-46,50-51H,4,7,10,12-13,15-17H2,1H3,(H2,39,52)(H,44,53)(H,47,55)(H,48,54)(H,49,56)(H4,40,41,42)/t18?,25-,26+,27?,28?,29-,30?/m0/s1. The van der Waals surface area contributed by atoms with Gasteiger partial charge in [-0.1, -0.05) is 69.1 Å². The number of aromatic amines is 1. The Labute approximate surface area is 352 Å². The number of hydrogen-bond acceptors (Lipinski definition) is 12. The molecule has 0 bridgehead atoms. The second-order valence-electron chi connectivity index (χ2n) is 13.5. The molecule has 5 amide bonds. The summed E-state index contributed by atoms with van der Waals surface area (Å²) in [5, 5.41) is 38.8. The van der Waals surface area contributed by atoms with Crippen molar-refractivity contribution in [3.8, 4) is 0 Å². The maximum Gasteiger partial charge on any atom is 0.243 e. The molecule has 22 heteroatoms. The average Bonchev–Trinajstić information content (AvgIpc) is 3.58. The molecule has 2 heterocycles. The fourth-order valence-corrected chi connectivity index (χ4v) is 8.65. The maximum atomic E-state index is 14.2. The summed E-state index contributed by atoms with van der Waals surface area (Å²) < 4.78 is 0. The van der Waals surface area contributed by atoms with Crippen LogP contribution in [0.3, 0.4) is 0 Å². The van der Waals surface area contributed by atoms with Gasteiger partial charge in [-0.3, -0.25) is 39.6 Å². The molecule has 18 nitrogen and oxygen atoms in total. The molecule has 4 unspecified atom stereocenters. The molecule has 1 aromatic heterocycles. The Morgan fingerprint density at radius 1 is 0.914 bits per heavy atom. The molecule has 4 rings (SSSR count). The minimum absolute atomic E-state index is 0.00512. The lowest BCUT2D eigenvalue weighted by Gasteiger charge is -2.28. The van der Waals surface area contributed by atoms with Gasteiger partial charge >= 0.3 is 0 Å². The largest absolute Gasteiger partial charge is 0.379 e. The van der Waals surface area contributed by atoms with Crippen molar-refractivity contribution < 1.29 is 34.2 Å². The van der Waals surface area contributed by atoms with E-state index in [1.807, 2.05) is 24.3 Å². The van der Waals surface area contributed by atoms with Crippen LogP contribution in [-0.2, 0) is 36.8 Å². The molecule has 1 fully saturated rings. The summed E-state index contributed by atoms with van der Waals surface area (Å²) >= 11 is 12.4. The van der Waals surface area contributed by atoms with E-state index >= 15 is 0 Å². The van der Waals surface area contributed by atoms with Crippen LogP contribution in [-0.4, -0.2) is 118 Å². The van der Waals surface area contributed by atoms with E-state index in [0.29, 0.717) is 11.1 Å². The van der Waals surface area contributed by atoms with Crippen LogP contribution in [0.15, 0.2) is 53.7 Å². The molecule has 1 aliphatic rings. The van der Waals surface area contributed by atoms with Gasteiger partial charge in [-0.2, -0.15) is 0 Å². The summed E-state index contributed by atoms with van der Waals surface area (Å²) in [4.78, 5) is 75.3. The third-order valence-electron chi connectivity index (χ3n) is 8.89. The molecule has 2 aromatic carbocycles. The molecular weight excluding hydrogens is 834 g/mol. The van der Waals surface area contributed by atoms with Crippen LogP contribution in [0.5, 0.6) is 0 Å². The normalized spacial score (nSPS) is 23.8. The van der Waals surface area contributed by atoms with Crippen LogP contribution in [0.25, 0.3) is 10.9 Å². The van der Waals surface area contributed by atoms with Crippen molar-refractivity contribution in [2.75, 3.05) is 24.6 Å². The number of fused-ring (bicyclic) bond motifs is 1. The number of aliphatic imine (C=N–C) groups is 1. The molecule has 1 saturated heterocycles. The number of para-hydroxylation sites is 1. The number of H-pyrrole nitrogens is 1. The summed E-state index contributed by atoms with van der Waals surface area (Å²) in [5.41, 5.74) is 18.8. The molecule has 0 saturated carbocycles. The van der Waals surface area contributed by atoms with Crippen molar-refractivity contribution in [1.82, 2.24) is 36.9 Å². The van der Waals surface area contributed by atoms with Crippen LogP contribution in [0.1, 0.15) is 30.9 Å². The van der Waals surface area contributed by atoms with Crippen LogP contribution in [0.2, 0.25) is 10.0 Å². The van der Waals surface area contributed by atoms with Crippen molar-refractivity contribution in [2.24, 2.45) is 22.2 Å². The van der Waals surface area contributed by atoms with Gasteiger partial charge in [0.25, 0.3) is 0 Å². The van der Waals surface area contributed by atoms with Crippen LogP contribution >= 0.6 is 44.8 Å². The number of aromatic nitrogens is 1. The van der Waals surface area contributed by atoms with Gasteiger partial charge < -0.3 is 53.7 Å². The number of amides is 5. The maximum absolute atomic E-state index is 14.2. The van der Waals surface area contributed by atoms with Crippen molar-refractivity contribution >= 4 is 91.2 Å². The van der Waals surface area contributed by atoms with Crippen molar-refractivity contribution in [3.63, 3.8) is 0 Å². The minimum Gasteiger partial charge on any atom is -0.379 e. The van der Waals surface area contributed by atoms with Crippen LogP contribution < -0.4 is 49.1 Å². The molecule has 7 atom stereocenters. The number of carbonyl (C=O) groups is 5. The zero-order valence-corrected chi connectivity index (χ0v) is 34.6. The van der Waals surface area contributed by atoms with Gasteiger partial charge in [-0.15, -0.1) is 0 Å². The monoisotopic (exact) mass is 881 g/mol. The quantitative estimate of drug-likeness (QED) is 0.0375. The van der Waals surface area contributed by atoms with Gasteiger partial charge in [-0.05, 0) is 55.5 Å². The smallest absolute Gasteiger partial charge is 0.243 e. The van der Waals surface area contributed by atoms with E-state index in [1.54, 1.807) is 24.4 Å². The summed E-state index contributed by atoms with van der Waals surface area (Å²) in [6.07, 6.45) is -0.652. The van der Waals surface area contributed by atoms with Crippen LogP contribution in [0.4, 0.5) is 0 Å². The van der Waals surface area contributed by atoms with Crippen LogP contribution in [0, 0.1) is 0 Å². The predicted octanol–water partition coefficient (Wildman–Crippen LogP) is -0.662. The summed E-state index contributed by atoms with van der Waals surface area (Å²) in [6.45, 7) is 1.20. The second kappa shape index (κ2) is 22.8. The van der Waals surface area contributed by atoms with E-state index in [0.717, 1.165) is 21.7 Å². The summed E-state index contributed by atoms with van der Waals surface area (Å²) in [5.74, 6) is -3.66. The van der Waals surface area contributed by atoms with E-state index in [-0.39, 0.29) is 66.3 Å². The first kappa shape index (κ1) is 46.4. The van der Waals surface area contributed by atoms with Gasteiger partial charge in [0.1, 0.15) is 30.6 Å². The van der Waals surface area contributed by atoms with E-state index in [2.05, 4.69) is 41.9 Å². The number of nitrogens with two attached hydrogens (primary N) is 3. The van der Waals surface area contributed by atoms with Gasteiger partial charge in [-0.25, -0.2) is 0 Å². The highest BCUT2D eigenvalue weighted by Gasteiger charge is 2.32. The number of halogens is 2. The first-order valence-electron chi connectivity index (χ1n) is 18.3. The van der Waals surface area contributed by atoms with E-state index in [9.17, 15) is 34.2 Å². The molecule has 316 valence electrons. The Hall–Kier alpha value is -4.28. The van der Waals surface area contributed by atoms with Gasteiger partial charge in [0.05, 0.1) is 28.7 Å². The molecule has 1 aliphatic heterocycles. The lowest BCUT2D eigenvalue weighted by Crippen LogP contribution is -2.60. The highest BCUT2D eigenvalue weighted by atomic mass is 35.5. The number of hydrogen-bond donors (Lipinski definition) is 12. The lowest BCUT2D eigenvalue weighted by atomic mass is 10.0. The summed E-state index contributed by atoms with van der Waals surface area (Å²) in [6, 6.07) is 6.27. The molecule has 0 spiro atoms. The molecule has 58 heavy (non-hydrogen) atoms. The lowest BCUT2D eigenvalue weighted by molar-refractivity contribution is -0.133. The van der Waals surface area contributed by atoms with Crippen molar-refractivity contribution in [1.29, 1.82) is 0 Å². The highest BCUT2D eigenvalue weighted by molar-refractivity contribution is 8.76. The molecule has 0 aliphatic carbocycles. The zero-order valence-electron chi connectivity index (χ0n) is 31.5. The first-order valence-corrected chi connectivity index (χ1v) is 21.5. The van der Waals surface area contributed by atoms with Gasteiger partial charge in [0.15, 0.2) is 5.96 Å². The van der Waals surface area contributed by atoms with E-state index in [1.165, 1.54) is 17.7 Å². The first-order chi connectivity index (χ1) is 27.6. The average molecular weight is 883 g/mol. The number of aliphatic hydroxyl groups excluding tert-OH is 2. The zero-order chi connectivity index (χ0) is 42.4. The number of β-amino-alcohol motifs (C(OH)–C–C–N with tert-alkyl or cyclic N) is 1. The second-order valence-corrected chi connectivity index (χ2v) is 16.9. The van der Waals surface area contributed by atoms with E-state index in [4.69, 9.17) is 40.4 Å². The number of nitrogens with one attached hydrogen (secondary N) is 7. The number of carbonyl (C=O) groups excluding carboxylic acids is 5. The number of aliphatic hydroxyl groups is 2. The third-order valence-corrected chi connectivity index (χ3v) is 12.0. The number of primary amides is 1. The van der Waals surface area contributed by atoms with Crippen molar-refractivity contribution in [2.45, 2.75) is 75.3 Å². The Morgan fingerprint density at radius 2 is 1.60 bits per heavy atom. The number of nitrogens with zero attached hydrogens (tertiary/aromatic N) is 1. The number of guanidine groups is 1. The van der Waals surface area contributed by atoms with Gasteiger partial charge in [0.2, 0.25) is 29.5 Å². The Kier molecular flexibility index (Phi) is 18.2.